The van der Waals surface area contributed by atoms with E-state index in [9.17, 15) is 4.79 Å². The number of nitrogens with one attached hydrogen (secondary N) is 1. The Labute approximate surface area is 128 Å². The Bertz CT molecular complexity index is 660. The second-order valence-corrected chi connectivity index (χ2v) is 6.58. The highest BCUT2D eigenvalue weighted by Gasteiger charge is 2.18. The van der Waals surface area contributed by atoms with E-state index in [1.807, 2.05) is 25.1 Å². The highest BCUT2D eigenvalue weighted by atomic mass is 32.1. The van der Waals surface area contributed by atoms with Gasteiger partial charge in [-0.05, 0) is 38.3 Å². The zero-order chi connectivity index (χ0) is 14.8. The molecule has 1 aromatic heterocycles. The maximum absolute atomic E-state index is 12.3. The van der Waals surface area contributed by atoms with Gasteiger partial charge < -0.3 is 15.8 Å². The van der Waals surface area contributed by atoms with Crippen molar-refractivity contribution in [1.29, 1.82) is 0 Å². The van der Waals surface area contributed by atoms with Crippen LogP contribution in [0.3, 0.4) is 0 Å². The van der Waals surface area contributed by atoms with E-state index in [4.69, 9.17) is 10.5 Å². The summed E-state index contributed by atoms with van der Waals surface area (Å²) in [5.41, 5.74) is 7.87. The van der Waals surface area contributed by atoms with E-state index in [0.717, 1.165) is 41.5 Å². The number of hydrogen-bond donors (Lipinski definition) is 2. The second kappa shape index (κ2) is 6.03. The van der Waals surface area contributed by atoms with Crippen LogP contribution in [0.1, 0.15) is 34.5 Å². The average molecular weight is 304 g/mol. The van der Waals surface area contributed by atoms with E-state index in [0.29, 0.717) is 23.2 Å². The Morgan fingerprint density at radius 1 is 1.52 bits per heavy atom. The van der Waals surface area contributed by atoms with Crippen LogP contribution in [0.4, 0.5) is 5.69 Å². The van der Waals surface area contributed by atoms with Crippen LogP contribution in [0, 0.1) is 6.92 Å². The molecule has 21 heavy (non-hydrogen) atoms. The van der Waals surface area contributed by atoms with Crippen LogP contribution in [0.25, 0.3) is 10.1 Å². The molecule has 3 N–H and O–H groups in total. The molecule has 0 bridgehead atoms. The van der Waals surface area contributed by atoms with Gasteiger partial charge in [-0.25, -0.2) is 0 Å². The maximum atomic E-state index is 12.3. The number of benzene rings is 1. The Morgan fingerprint density at radius 3 is 3.14 bits per heavy atom. The number of anilines is 1. The van der Waals surface area contributed by atoms with Crippen LogP contribution in [0.5, 0.6) is 0 Å². The van der Waals surface area contributed by atoms with Crippen molar-refractivity contribution in [3.63, 3.8) is 0 Å². The lowest BCUT2D eigenvalue weighted by Crippen LogP contribution is -2.26. The summed E-state index contributed by atoms with van der Waals surface area (Å²) < 4.78 is 6.61. The molecular weight excluding hydrogens is 284 g/mol. The summed E-state index contributed by atoms with van der Waals surface area (Å²) in [6.45, 7) is 3.51. The lowest BCUT2D eigenvalue weighted by Gasteiger charge is -2.09. The molecule has 1 fully saturated rings. The van der Waals surface area contributed by atoms with Crippen LogP contribution in [-0.4, -0.2) is 25.2 Å². The molecule has 0 spiro atoms. The fourth-order valence-electron chi connectivity index (χ4n) is 2.70. The zero-order valence-corrected chi connectivity index (χ0v) is 13.0. The number of nitrogen functional groups attached to an aromatic ring is 1. The molecule has 1 saturated heterocycles. The summed E-state index contributed by atoms with van der Waals surface area (Å²) >= 11 is 1.46. The summed E-state index contributed by atoms with van der Waals surface area (Å²) in [5, 5.41) is 3.93. The highest BCUT2D eigenvalue weighted by Crippen LogP contribution is 2.34. The third-order valence-electron chi connectivity index (χ3n) is 3.86. The predicted molar refractivity (Wildman–Crippen MR) is 86.9 cm³/mol. The van der Waals surface area contributed by atoms with E-state index >= 15 is 0 Å². The third-order valence-corrected chi connectivity index (χ3v) is 5.05. The van der Waals surface area contributed by atoms with Crippen LogP contribution < -0.4 is 11.1 Å². The van der Waals surface area contributed by atoms with Gasteiger partial charge in [0.1, 0.15) is 4.88 Å². The van der Waals surface area contributed by atoms with E-state index in [1.165, 1.54) is 11.3 Å². The first-order valence-corrected chi connectivity index (χ1v) is 8.15. The van der Waals surface area contributed by atoms with E-state index in [-0.39, 0.29) is 5.91 Å². The summed E-state index contributed by atoms with van der Waals surface area (Å²) in [7, 11) is 0. The fourth-order valence-corrected chi connectivity index (χ4v) is 3.72. The second-order valence-electron chi connectivity index (χ2n) is 5.52. The number of amides is 1. The van der Waals surface area contributed by atoms with Crippen molar-refractivity contribution in [2.75, 3.05) is 18.9 Å². The molecule has 1 amide bonds. The number of rotatable bonds is 4. The van der Waals surface area contributed by atoms with Gasteiger partial charge in [0.2, 0.25) is 0 Å². The monoisotopic (exact) mass is 304 g/mol. The molecule has 0 aliphatic carbocycles. The SMILES string of the molecule is Cc1ccc2sc(C(=O)NCCC3CCCO3)c(N)c2c1. The Kier molecular flexibility index (Phi) is 4.12. The Hall–Kier alpha value is -1.59. The molecule has 1 atom stereocenters. The Morgan fingerprint density at radius 2 is 2.38 bits per heavy atom. The van der Waals surface area contributed by atoms with Gasteiger partial charge in [-0.3, -0.25) is 4.79 Å². The molecule has 1 unspecified atom stereocenters. The van der Waals surface area contributed by atoms with Gasteiger partial charge in [0.05, 0.1) is 11.8 Å². The topological polar surface area (TPSA) is 64.3 Å². The molecular formula is C16H20N2O2S. The number of hydrogen-bond acceptors (Lipinski definition) is 4. The number of fused-ring (bicyclic) bond motifs is 1. The number of ether oxygens (including phenoxy) is 1. The fraction of sp³-hybridized carbons (Fsp3) is 0.438. The standard InChI is InChI=1S/C16H20N2O2S/c1-10-4-5-13-12(9-10)14(17)15(21-13)16(19)18-7-6-11-3-2-8-20-11/h4-5,9,11H,2-3,6-8,17H2,1H3,(H,18,19). The van der Waals surface area contributed by atoms with Gasteiger partial charge in [0, 0.05) is 23.2 Å². The largest absolute Gasteiger partial charge is 0.397 e. The minimum Gasteiger partial charge on any atom is -0.397 e. The minimum atomic E-state index is -0.0793. The van der Waals surface area contributed by atoms with Crippen molar-refractivity contribution in [3.8, 4) is 0 Å². The maximum Gasteiger partial charge on any atom is 0.263 e. The number of aryl methyl sites for hydroxylation is 1. The molecule has 1 aromatic carbocycles. The van der Waals surface area contributed by atoms with E-state index < -0.39 is 0 Å². The van der Waals surface area contributed by atoms with Gasteiger partial charge >= 0.3 is 0 Å². The van der Waals surface area contributed by atoms with Crippen molar-refractivity contribution in [2.45, 2.75) is 32.3 Å². The summed E-state index contributed by atoms with van der Waals surface area (Å²) in [6, 6.07) is 6.09. The van der Waals surface area contributed by atoms with Gasteiger partial charge in [-0.2, -0.15) is 0 Å². The first-order chi connectivity index (χ1) is 10.1. The molecule has 0 saturated carbocycles. The van der Waals surface area contributed by atoms with Crippen LogP contribution >= 0.6 is 11.3 Å². The molecule has 3 rings (SSSR count). The van der Waals surface area contributed by atoms with Crippen molar-refractivity contribution >= 4 is 33.0 Å². The zero-order valence-electron chi connectivity index (χ0n) is 12.1. The number of carbonyl (C=O) groups excluding carboxylic acids is 1. The molecule has 5 heteroatoms. The van der Waals surface area contributed by atoms with Gasteiger partial charge in [-0.15, -0.1) is 11.3 Å². The summed E-state index contributed by atoms with van der Waals surface area (Å²) in [4.78, 5) is 12.9. The smallest absolute Gasteiger partial charge is 0.263 e. The third kappa shape index (κ3) is 3.04. The van der Waals surface area contributed by atoms with Gasteiger partial charge in [0.25, 0.3) is 5.91 Å². The molecule has 2 aromatic rings. The molecule has 112 valence electrons. The van der Waals surface area contributed by atoms with Crippen LogP contribution in [0.2, 0.25) is 0 Å². The Balaban J connectivity index is 1.67. The first-order valence-electron chi connectivity index (χ1n) is 7.33. The van der Waals surface area contributed by atoms with Crippen molar-refractivity contribution in [1.82, 2.24) is 5.32 Å². The van der Waals surface area contributed by atoms with E-state index in [2.05, 4.69) is 5.32 Å². The molecule has 2 heterocycles. The number of thiophene rings is 1. The first kappa shape index (κ1) is 14.4. The average Bonchev–Trinajstić information content (AvgIpc) is 3.08. The summed E-state index contributed by atoms with van der Waals surface area (Å²) in [6.07, 6.45) is 3.39. The number of nitrogens with two attached hydrogens (primary N) is 1. The van der Waals surface area contributed by atoms with Crippen molar-refractivity contribution in [3.05, 3.63) is 28.6 Å². The van der Waals surface area contributed by atoms with Gasteiger partial charge in [-0.1, -0.05) is 11.6 Å². The van der Waals surface area contributed by atoms with Gasteiger partial charge in [0.15, 0.2) is 0 Å². The van der Waals surface area contributed by atoms with E-state index in [1.54, 1.807) is 0 Å². The van der Waals surface area contributed by atoms with Crippen molar-refractivity contribution < 1.29 is 9.53 Å². The van der Waals surface area contributed by atoms with Crippen LogP contribution in [0.15, 0.2) is 18.2 Å². The summed E-state index contributed by atoms with van der Waals surface area (Å²) in [5.74, 6) is -0.0793. The van der Waals surface area contributed by atoms with Crippen molar-refractivity contribution in [2.24, 2.45) is 0 Å². The number of carbonyl (C=O) groups is 1. The van der Waals surface area contributed by atoms with Crippen LogP contribution in [-0.2, 0) is 4.74 Å². The predicted octanol–water partition coefficient (Wildman–Crippen LogP) is 3.09. The quantitative estimate of drug-likeness (QED) is 0.912. The lowest BCUT2D eigenvalue weighted by atomic mass is 10.1. The molecule has 1 aliphatic rings. The minimum absolute atomic E-state index is 0.0793. The molecule has 4 nitrogen and oxygen atoms in total. The molecule has 1 aliphatic heterocycles. The lowest BCUT2D eigenvalue weighted by molar-refractivity contribution is 0.0911. The highest BCUT2D eigenvalue weighted by molar-refractivity contribution is 7.21. The normalized spacial score (nSPS) is 18.2. The molecule has 0 radical (unpaired) electrons.